The van der Waals surface area contributed by atoms with Gasteiger partial charge in [-0.25, -0.2) is 4.39 Å². The molecular weight excluding hydrogens is 193 g/mol. The minimum absolute atomic E-state index is 0.0491. The molecule has 1 saturated heterocycles. The standard InChI is InChI=1S/C12H16FNO/c13-11-6-7-14(8-11)12(9-15)10-4-2-1-3-5-10/h1-5,11-12,15H,6-9H2/t11-,12-/m0/s1. The lowest BCUT2D eigenvalue weighted by molar-refractivity contribution is 0.139. The molecule has 2 nitrogen and oxygen atoms in total. The number of halogens is 1. The third-order valence-electron chi connectivity index (χ3n) is 2.96. The molecule has 0 amide bonds. The molecule has 0 aromatic heterocycles. The van der Waals surface area contributed by atoms with Crippen LogP contribution in [-0.2, 0) is 0 Å². The van der Waals surface area contributed by atoms with Crippen molar-refractivity contribution in [3.63, 3.8) is 0 Å². The number of aliphatic hydroxyl groups excluding tert-OH is 1. The fourth-order valence-corrected chi connectivity index (χ4v) is 2.13. The lowest BCUT2D eigenvalue weighted by atomic mass is 10.1. The molecule has 3 heteroatoms. The van der Waals surface area contributed by atoms with Crippen molar-refractivity contribution in [3.05, 3.63) is 35.9 Å². The molecule has 0 aliphatic carbocycles. The fraction of sp³-hybridized carbons (Fsp3) is 0.500. The highest BCUT2D eigenvalue weighted by Crippen LogP contribution is 2.25. The van der Waals surface area contributed by atoms with Crippen LogP contribution in [0, 0.1) is 0 Å². The van der Waals surface area contributed by atoms with E-state index in [1.165, 1.54) is 0 Å². The Morgan fingerprint density at radius 3 is 2.67 bits per heavy atom. The zero-order valence-corrected chi connectivity index (χ0v) is 8.64. The summed E-state index contributed by atoms with van der Waals surface area (Å²) in [5.41, 5.74) is 1.06. The number of rotatable bonds is 3. The number of alkyl halides is 1. The summed E-state index contributed by atoms with van der Waals surface area (Å²) in [6.07, 6.45) is -0.147. The van der Waals surface area contributed by atoms with Crippen LogP contribution in [-0.4, -0.2) is 35.9 Å². The number of benzene rings is 1. The van der Waals surface area contributed by atoms with E-state index >= 15 is 0 Å². The van der Waals surface area contributed by atoms with Crippen LogP contribution in [0.25, 0.3) is 0 Å². The van der Waals surface area contributed by atoms with Crippen LogP contribution in [0.15, 0.2) is 30.3 Å². The molecule has 2 atom stereocenters. The van der Waals surface area contributed by atoms with Crippen molar-refractivity contribution < 1.29 is 9.50 Å². The Morgan fingerprint density at radius 2 is 2.13 bits per heavy atom. The molecule has 1 aromatic rings. The lowest BCUT2D eigenvalue weighted by Crippen LogP contribution is -2.29. The van der Waals surface area contributed by atoms with Gasteiger partial charge in [0.2, 0.25) is 0 Å². The molecule has 2 rings (SSSR count). The first kappa shape index (κ1) is 10.6. The Bertz CT molecular complexity index is 304. The summed E-state index contributed by atoms with van der Waals surface area (Å²) in [4.78, 5) is 2.01. The van der Waals surface area contributed by atoms with Gasteiger partial charge in [-0.2, -0.15) is 0 Å². The highest BCUT2D eigenvalue weighted by molar-refractivity contribution is 5.19. The minimum atomic E-state index is -0.734. The Kier molecular flexibility index (Phi) is 3.34. The smallest absolute Gasteiger partial charge is 0.114 e. The summed E-state index contributed by atoms with van der Waals surface area (Å²) >= 11 is 0. The maximum absolute atomic E-state index is 13.1. The van der Waals surface area contributed by atoms with Crippen molar-refractivity contribution in [3.8, 4) is 0 Å². The zero-order valence-electron chi connectivity index (χ0n) is 8.64. The van der Waals surface area contributed by atoms with Crippen LogP contribution in [0.1, 0.15) is 18.0 Å². The SMILES string of the molecule is OC[C@@H](c1ccccc1)N1CC[C@H](F)C1. The maximum atomic E-state index is 13.1. The summed E-state index contributed by atoms with van der Waals surface area (Å²) in [6.45, 7) is 1.23. The molecule has 0 bridgehead atoms. The summed E-state index contributed by atoms with van der Waals surface area (Å²) in [5, 5.41) is 9.36. The third-order valence-corrected chi connectivity index (χ3v) is 2.96. The first-order chi connectivity index (χ1) is 7.31. The lowest BCUT2D eigenvalue weighted by Gasteiger charge is -2.25. The van der Waals surface area contributed by atoms with Crippen molar-refractivity contribution in [2.24, 2.45) is 0 Å². The van der Waals surface area contributed by atoms with E-state index < -0.39 is 6.17 Å². The van der Waals surface area contributed by atoms with Gasteiger partial charge in [-0.15, -0.1) is 0 Å². The Balaban J connectivity index is 2.11. The number of likely N-dealkylation sites (tertiary alicyclic amines) is 1. The van der Waals surface area contributed by atoms with E-state index in [-0.39, 0.29) is 12.6 Å². The summed E-state index contributed by atoms with van der Waals surface area (Å²) in [5.74, 6) is 0. The van der Waals surface area contributed by atoms with E-state index in [1.807, 2.05) is 35.2 Å². The fourth-order valence-electron chi connectivity index (χ4n) is 2.13. The third kappa shape index (κ3) is 2.36. The highest BCUT2D eigenvalue weighted by atomic mass is 19.1. The van der Waals surface area contributed by atoms with E-state index in [9.17, 15) is 9.50 Å². The quantitative estimate of drug-likeness (QED) is 0.820. The first-order valence-electron chi connectivity index (χ1n) is 5.35. The summed E-state index contributed by atoms with van der Waals surface area (Å²) < 4.78 is 13.1. The van der Waals surface area contributed by atoms with Crippen molar-refractivity contribution in [1.82, 2.24) is 4.90 Å². The highest BCUT2D eigenvalue weighted by Gasteiger charge is 2.28. The van der Waals surface area contributed by atoms with Gasteiger partial charge in [0.1, 0.15) is 6.17 Å². The zero-order chi connectivity index (χ0) is 10.7. The second-order valence-corrected chi connectivity index (χ2v) is 3.99. The average Bonchev–Trinajstić information content (AvgIpc) is 2.68. The Hall–Kier alpha value is -0.930. The molecule has 0 spiro atoms. The van der Waals surface area contributed by atoms with Gasteiger partial charge in [-0.05, 0) is 12.0 Å². The molecular formula is C12H16FNO. The topological polar surface area (TPSA) is 23.5 Å². The van der Waals surface area contributed by atoms with E-state index in [2.05, 4.69) is 0 Å². The molecule has 15 heavy (non-hydrogen) atoms. The predicted octanol–water partition coefficient (Wildman–Crippen LogP) is 1.76. The number of hydrogen-bond acceptors (Lipinski definition) is 2. The van der Waals surface area contributed by atoms with Gasteiger partial charge in [-0.3, -0.25) is 4.90 Å². The van der Waals surface area contributed by atoms with E-state index in [1.54, 1.807) is 0 Å². The predicted molar refractivity (Wildman–Crippen MR) is 57.4 cm³/mol. The normalized spacial score (nSPS) is 24.3. The van der Waals surface area contributed by atoms with Crippen LogP contribution in [0.2, 0.25) is 0 Å². The van der Waals surface area contributed by atoms with E-state index in [0.717, 1.165) is 12.1 Å². The summed E-state index contributed by atoms with van der Waals surface area (Å²) in [7, 11) is 0. The van der Waals surface area contributed by atoms with Gasteiger partial charge in [0.15, 0.2) is 0 Å². The number of nitrogens with zero attached hydrogens (tertiary/aromatic N) is 1. The number of hydrogen-bond donors (Lipinski definition) is 1. The van der Waals surface area contributed by atoms with Crippen molar-refractivity contribution in [1.29, 1.82) is 0 Å². The van der Waals surface area contributed by atoms with Crippen LogP contribution >= 0.6 is 0 Å². The molecule has 1 heterocycles. The summed E-state index contributed by atoms with van der Waals surface area (Å²) in [6, 6.07) is 9.74. The molecule has 1 aromatic carbocycles. The van der Waals surface area contributed by atoms with E-state index in [4.69, 9.17) is 0 Å². The van der Waals surface area contributed by atoms with Crippen LogP contribution in [0.3, 0.4) is 0 Å². The van der Waals surface area contributed by atoms with Crippen molar-refractivity contribution in [2.45, 2.75) is 18.6 Å². The van der Waals surface area contributed by atoms with Crippen molar-refractivity contribution in [2.75, 3.05) is 19.7 Å². The molecule has 1 aliphatic heterocycles. The van der Waals surface area contributed by atoms with Gasteiger partial charge in [0.05, 0.1) is 12.6 Å². The van der Waals surface area contributed by atoms with Crippen LogP contribution in [0.5, 0.6) is 0 Å². The maximum Gasteiger partial charge on any atom is 0.114 e. The van der Waals surface area contributed by atoms with Crippen molar-refractivity contribution >= 4 is 0 Å². The second kappa shape index (κ2) is 4.73. The molecule has 82 valence electrons. The number of aliphatic hydroxyl groups is 1. The second-order valence-electron chi connectivity index (χ2n) is 3.99. The van der Waals surface area contributed by atoms with Crippen LogP contribution < -0.4 is 0 Å². The van der Waals surface area contributed by atoms with E-state index in [0.29, 0.717) is 13.0 Å². The molecule has 1 N–H and O–H groups in total. The van der Waals surface area contributed by atoms with Gasteiger partial charge < -0.3 is 5.11 Å². The Morgan fingerprint density at radius 1 is 1.40 bits per heavy atom. The monoisotopic (exact) mass is 209 g/mol. The van der Waals surface area contributed by atoms with Gasteiger partial charge >= 0.3 is 0 Å². The average molecular weight is 209 g/mol. The minimum Gasteiger partial charge on any atom is -0.394 e. The van der Waals surface area contributed by atoms with Gasteiger partial charge in [0.25, 0.3) is 0 Å². The first-order valence-corrected chi connectivity index (χ1v) is 5.35. The largest absolute Gasteiger partial charge is 0.394 e. The Labute approximate surface area is 89.3 Å². The van der Waals surface area contributed by atoms with Crippen LogP contribution in [0.4, 0.5) is 4.39 Å². The molecule has 0 radical (unpaired) electrons. The molecule has 1 fully saturated rings. The van der Waals surface area contributed by atoms with Gasteiger partial charge in [-0.1, -0.05) is 30.3 Å². The molecule has 0 unspecified atom stereocenters. The molecule has 1 aliphatic rings. The molecule has 0 saturated carbocycles. The van der Waals surface area contributed by atoms with Gasteiger partial charge in [0, 0.05) is 13.1 Å².